The molecule has 20 heteroatoms. The van der Waals surface area contributed by atoms with E-state index in [4.69, 9.17) is 33.6 Å². The molecule has 6 rings (SSSR count). The minimum atomic E-state index is -1.72. The van der Waals surface area contributed by atoms with Gasteiger partial charge in [-0.25, -0.2) is 17.8 Å². The Bertz CT molecular complexity index is 1930. The Balaban J connectivity index is 0.000000217. The molecule has 1 unspecified atom stereocenters. The predicted octanol–water partition coefficient (Wildman–Crippen LogP) is 4.45. The number of alkyl halides is 3. The van der Waals surface area contributed by atoms with Crippen LogP contribution in [0.1, 0.15) is 79.5 Å². The van der Waals surface area contributed by atoms with Gasteiger partial charge in [0, 0.05) is 48.9 Å². The van der Waals surface area contributed by atoms with Crippen LogP contribution in [0.25, 0.3) is 0 Å². The summed E-state index contributed by atoms with van der Waals surface area (Å²) >= 11 is 0. The number of halogens is 3. The summed E-state index contributed by atoms with van der Waals surface area (Å²) in [4.78, 5) is 35.1. The second-order valence-electron chi connectivity index (χ2n) is 15.0. The smallest absolute Gasteiger partial charge is 0.259 e. The molecule has 0 bridgehead atoms. The number of pyridine rings is 3. The number of rotatable bonds is 14. The summed E-state index contributed by atoms with van der Waals surface area (Å²) in [5.74, 6) is 0. The molecule has 0 aromatic carbocycles. The lowest BCUT2D eigenvalue weighted by Gasteiger charge is -2.37. The second kappa shape index (κ2) is 23.6. The molecular weight excluding hydrogens is 826 g/mol. The van der Waals surface area contributed by atoms with Crippen LogP contribution in [0, 0.1) is 11.3 Å². The first-order chi connectivity index (χ1) is 29.1. The Morgan fingerprint density at radius 3 is 1.49 bits per heavy atom. The largest absolute Gasteiger partial charge is 0.394 e. The van der Waals surface area contributed by atoms with Gasteiger partial charge in [0.1, 0.15) is 24.4 Å². The van der Waals surface area contributed by atoms with Crippen molar-refractivity contribution in [1.29, 1.82) is 5.26 Å². The monoisotopic (exact) mass is 883 g/mol. The maximum atomic E-state index is 15.4. The van der Waals surface area contributed by atoms with Crippen LogP contribution in [-0.4, -0.2) is 114 Å². The van der Waals surface area contributed by atoms with Crippen LogP contribution in [0.15, 0.2) is 87.6 Å². The average molecular weight is 884 g/mol. The third-order valence-electron chi connectivity index (χ3n) is 10.1. The van der Waals surface area contributed by atoms with Gasteiger partial charge in [-0.2, -0.15) is 5.26 Å². The molecule has 338 valence electrons. The highest BCUT2D eigenvalue weighted by molar-refractivity contribution is 7.44. The van der Waals surface area contributed by atoms with E-state index in [1.54, 1.807) is 37.3 Å². The first kappa shape index (κ1) is 49.9. The van der Waals surface area contributed by atoms with Gasteiger partial charge in [0.05, 0.1) is 37.9 Å². The number of hydrogen-bond acceptors (Lipinski definition) is 13. The third-order valence-corrected chi connectivity index (χ3v) is 12.2. The van der Waals surface area contributed by atoms with Gasteiger partial charge in [0.2, 0.25) is 0 Å². The van der Waals surface area contributed by atoms with Crippen LogP contribution >= 0.6 is 8.53 Å². The summed E-state index contributed by atoms with van der Waals surface area (Å²) in [5.41, 5.74) is -1.07. The first-order valence-corrected chi connectivity index (χ1v) is 21.4. The van der Waals surface area contributed by atoms with Crippen molar-refractivity contribution in [3.63, 3.8) is 0 Å². The minimum absolute atomic E-state index is 0.108. The summed E-state index contributed by atoms with van der Waals surface area (Å²) in [7, 11) is -1.61. The number of nitriles is 1. The summed E-state index contributed by atoms with van der Waals surface area (Å²) in [5, 5.41) is 36.7. The number of aromatic nitrogens is 3. The number of aliphatic hydroxyl groups is 3. The first-order valence-electron chi connectivity index (χ1n) is 20.2. The average Bonchev–Trinajstić information content (AvgIpc) is 3.82. The molecule has 3 N–H and O–H groups in total. The van der Waals surface area contributed by atoms with Gasteiger partial charge in [0.15, 0.2) is 37.2 Å². The molecule has 6 heterocycles. The fourth-order valence-electron chi connectivity index (χ4n) is 7.06. The Morgan fingerprint density at radius 1 is 0.721 bits per heavy atom. The van der Waals surface area contributed by atoms with E-state index in [0.29, 0.717) is 12.8 Å². The number of hydrogen-bond donors (Lipinski definition) is 3. The number of aliphatic hydroxyl groups excluding tert-OH is 3. The molecule has 3 aromatic rings. The quantitative estimate of drug-likeness (QED) is 0.152. The van der Waals surface area contributed by atoms with Gasteiger partial charge < -0.3 is 38.6 Å². The third kappa shape index (κ3) is 12.2. The zero-order chi connectivity index (χ0) is 45.0. The number of nitrogens with zero attached hydrogens (tertiary/aromatic N) is 5. The topological polar surface area (TPSA) is 200 Å². The van der Waals surface area contributed by atoms with E-state index in [1.807, 2.05) is 39.3 Å². The van der Waals surface area contributed by atoms with Gasteiger partial charge in [-0.1, -0.05) is 32.0 Å². The van der Waals surface area contributed by atoms with Gasteiger partial charge in [-0.3, -0.25) is 28.1 Å². The number of ether oxygens (including phenoxy) is 3. The van der Waals surface area contributed by atoms with E-state index < -0.39 is 94.5 Å². The highest BCUT2D eigenvalue weighted by Gasteiger charge is 2.49. The summed E-state index contributed by atoms with van der Waals surface area (Å²) in [6, 6.07) is 15.8. The molecule has 0 amide bonds. The normalized spacial score (nSPS) is 30.1. The lowest BCUT2D eigenvalue weighted by atomic mass is 10.1. The van der Waals surface area contributed by atoms with Crippen molar-refractivity contribution in [1.82, 2.24) is 18.4 Å². The zero-order valence-corrected chi connectivity index (χ0v) is 35.9. The molecular formula is C41H57F3N5O11P. The van der Waals surface area contributed by atoms with Crippen molar-refractivity contribution in [3.8, 4) is 6.07 Å². The molecule has 13 atom stereocenters. The van der Waals surface area contributed by atoms with Crippen LogP contribution in [0.2, 0.25) is 0 Å². The summed E-state index contributed by atoms with van der Waals surface area (Å²) < 4.78 is 76.8. The molecule has 3 aliphatic heterocycles. The van der Waals surface area contributed by atoms with Crippen LogP contribution < -0.4 is 16.7 Å². The molecule has 0 saturated carbocycles. The Hall–Kier alpha value is -3.80. The molecule has 3 aromatic heterocycles. The molecule has 61 heavy (non-hydrogen) atoms. The van der Waals surface area contributed by atoms with Crippen LogP contribution in [0.3, 0.4) is 0 Å². The van der Waals surface area contributed by atoms with Gasteiger partial charge >= 0.3 is 0 Å². The maximum Gasteiger partial charge on any atom is 0.259 e. The molecule has 0 aliphatic carbocycles. The zero-order valence-electron chi connectivity index (χ0n) is 35.0. The molecule has 3 aliphatic rings. The fourth-order valence-corrected chi connectivity index (χ4v) is 8.83. The second-order valence-corrected chi connectivity index (χ2v) is 16.4. The predicted molar refractivity (Wildman–Crippen MR) is 218 cm³/mol. The minimum Gasteiger partial charge on any atom is -0.394 e. The molecule has 3 saturated heterocycles. The lowest BCUT2D eigenvalue weighted by molar-refractivity contribution is -0.0486. The molecule has 0 radical (unpaired) electrons. The fraction of sp³-hybridized carbons (Fsp3) is 0.610. The van der Waals surface area contributed by atoms with Crippen LogP contribution in [0.5, 0.6) is 0 Å². The Kier molecular flexibility index (Phi) is 19.3. The van der Waals surface area contributed by atoms with Crippen molar-refractivity contribution in [2.75, 3.05) is 13.2 Å². The van der Waals surface area contributed by atoms with E-state index in [-0.39, 0.29) is 36.2 Å². The molecule has 16 nitrogen and oxygen atoms in total. The lowest BCUT2D eigenvalue weighted by Crippen LogP contribution is -2.38. The van der Waals surface area contributed by atoms with E-state index >= 15 is 4.39 Å². The van der Waals surface area contributed by atoms with Gasteiger partial charge in [-0.05, 0) is 58.7 Å². The summed E-state index contributed by atoms with van der Waals surface area (Å²) in [6.45, 7) is 11.5. The van der Waals surface area contributed by atoms with E-state index in [2.05, 4.69) is 6.07 Å². The maximum absolute atomic E-state index is 15.4. The van der Waals surface area contributed by atoms with Crippen molar-refractivity contribution < 1.29 is 51.7 Å². The molecule has 0 spiro atoms. The van der Waals surface area contributed by atoms with Crippen molar-refractivity contribution in [2.45, 2.75) is 147 Å². The van der Waals surface area contributed by atoms with Crippen LogP contribution in [0.4, 0.5) is 13.2 Å². The highest BCUT2D eigenvalue weighted by Crippen LogP contribution is 2.50. The van der Waals surface area contributed by atoms with E-state index in [1.165, 1.54) is 52.0 Å². The van der Waals surface area contributed by atoms with Crippen molar-refractivity contribution in [2.24, 2.45) is 0 Å². The van der Waals surface area contributed by atoms with Gasteiger partial charge in [0.25, 0.3) is 25.2 Å². The van der Waals surface area contributed by atoms with Gasteiger partial charge in [-0.15, -0.1) is 0 Å². The highest BCUT2D eigenvalue weighted by atomic mass is 31.2. The Labute approximate surface area is 353 Å². The SMILES string of the molecule is CC[C@H]1O[C@@H](n2ccccc2=O)[C@H](F)[C@@H]1O.CC[C@H]1O[C@@H](n2ccccc2=O)[C@H](F)[C@@H]1OP(OCCC#N)N(C(C)C)C(C)C.O=c1ccccn1[C@@H]1O[C@H](CO)[C@@H](O)[C@H]1F. The van der Waals surface area contributed by atoms with E-state index in [0.717, 1.165) is 4.57 Å². The standard InChI is InChI=1S/C20H31FN3O4P.C11H14FNO3.C10H12FNO4/c1-6-16-19(18(21)20(27-16)23-12-8-7-10-17(23)25)28-29(26-13-9-11-22)24(14(2)3)15(4)5;1-2-7-10(15)9(12)11(16-7)13-6-4-3-5-8(13)14;11-8-9(15)6(5-13)16-10(8)12-4-2-1-3-7(12)14/h7-8,10,12,14-16,18-20H,6,9,13H2,1-5H3;3-7,9-11,15H,2H2,1H3;1-4,6,8-10,13,15H,5H2/t16-,18-,19-,20-,29?;7-,9-,10-,11-;6-,8-,9-,10-/m111/s1. The van der Waals surface area contributed by atoms with Crippen LogP contribution in [-0.2, 0) is 23.3 Å². The van der Waals surface area contributed by atoms with Crippen molar-refractivity contribution >= 4 is 8.53 Å². The molecule has 3 fully saturated rings. The Morgan fingerprint density at radius 2 is 1.13 bits per heavy atom. The van der Waals surface area contributed by atoms with E-state index in [9.17, 15) is 33.4 Å². The van der Waals surface area contributed by atoms with Crippen molar-refractivity contribution in [3.05, 3.63) is 104 Å². The summed E-state index contributed by atoms with van der Waals surface area (Å²) in [6.07, 6.45) is -7.91.